The van der Waals surface area contributed by atoms with Gasteiger partial charge >= 0.3 is 0 Å². The Hall–Kier alpha value is -1.13. The monoisotopic (exact) mass is 167 g/mol. The van der Waals surface area contributed by atoms with Crippen LogP contribution in [0.15, 0.2) is 6.20 Å². The molecule has 1 aromatic rings. The highest BCUT2D eigenvalue weighted by atomic mass is 16.6. The van der Waals surface area contributed by atoms with Gasteiger partial charge in [0.15, 0.2) is 6.29 Å². The van der Waals surface area contributed by atoms with E-state index in [1.807, 2.05) is 0 Å². The maximum absolute atomic E-state index is 9.48. The molecule has 1 aliphatic heterocycles. The molecule has 0 bridgehead atoms. The van der Waals surface area contributed by atoms with E-state index in [0.717, 1.165) is 0 Å². The third-order valence-corrected chi connectivity index (χ3v) is 2.03. The Morgan fingerprint density at radius 1 is 1.67 bits per heavy atom. The molecular formula is C8H9NO3. The Morgan fingerprint density at radius 2 is 2.42 bits per heavy atom. The van der Waals surface area contributed by atoms with E-state index < -0.39 is 6.29 Å². The van der Waals surface area contributed by atoms with Crippen molar-refractivity contribution < 1.29 is 14.9 Å². The fraction of sp³-hybridized carbons (Fsp3) is 0.375. The predicted octanol–water partition coefficient (Wildman–Crippen LogP) is 0.617. The van der Waals surface area contributed by atoms with Gasteiger partial charge in [0.1, 0.15) is 5.75 Å². The molecule has 2 rings (SSSR count). The SMILES string of the molecule is Cc1ncc2c(c1O)COC2O. The van der Waals surface area contributed by atoms with E-state index in [0.29, 0.717) is 16.8 Å². The van der Waals surface area contributed by atoms with Crippen LogP contribution in [0.4, 0.5) is 0 Å². The molecule has 0 aliphatic carbocycles. The van der Waals surface area contributed by atoms with Crippen LogP contribution in [0.2, 0.25) is 0 Å². The van der Waals surface area contributed by atoms with E-state index in [1.54, 1.807) is 6.92 Å². The van der Waals surface area contributed by atoms with Crippen molar-refractivity contribution in [1.29, 1.82) is 0 Å². The molecule has 4 nitrogen and oxygen atoms in total. The van der Waals surface area contributed by atoms with Crippen molar-refractivity contribution in [2.75, 3.05) is 0 Å². The van der Waals surface area contributed by atoms with Crippen LogP contribution in [0.5, 0.6) is 5.75 Å². The summed E-state index contributed by atoms with van der Waals surface area (Å²) < 4.78 is 4.91. The molecular weight excluding hydrogens is 158 g/mol. The van der Waals surface area contributed by atoms with Crippen LogP contribution in [-0.4, -0.2) is 15.2 Å². The number of ether oxygens (including phenoxy) is 1. The summed E-state index contributed by atoms with van der Waals surface area (Å²) in [7, 11) is 0. The highest BCUT2D eigenvalue weighted by molar-refractivity contribution is 5.42. The van der Waals surface area contributed by atoms with Gasteiger partial charge in [0.25, 0.3) is 0 Å². The zero-order valence-electron chi connectivity index (χ0n) is 6.61. The molecule has 0 radical (unpaired) electrons. The number of aromatic nitrogens is 1. The second kappa shape index (κ2) is 2.43. The Labute approximate surface area is 69.4 Å². The first-order valence-electron chi connectivity index (χ1n) is 3.67. The van der Waals surface area contributed by atoms with E-state index in [2.05, 4.69) is 4.98 Å². The van der Waals surface area contributed by atoms with Gasteiger partial charge in [-0.3, -0.25) is 4.98 Å². The summed E-state index contributed by atoms with van der Waals surface area (Å²) in [6.45, 7) is 1.96. The molecule has 1 aromatic heterocycles. The lowest BCUT2D eigenvalue weighted by atomic mass is 10.1. The van der Waals surface area contributed by atoms with Gasteiger partial charge < -0.3 is 14.9 Å². The number of aliphatic hydroxyl groups excluding tert-OH is 1. The normalized spacial score (nSPS) is 21.0. The quantitative estimate of drug-likeness (QED) is 0.594. The molecule has 0 aromatic carbocycles. The number of pyridine rings is 1. The standard InChI is InChI=1S/C8H9NO3/c1-4-7(10)6-3-12-8(11)5(6)2-9-4/h2,8,10-11H,3H2,1H3. The van der Waals surface area contributed by atoms with Gasteiger partial charge in [0.05, 0.1) is 12.3 Å². The molecule has 1 atom stereocenters. The van der Waals surface area contributed by atoms with E-state index in [4.69, 9.17) is 4.74 Å². The fourth-order valence-electron chi connectivity index (χ4n) is 1.28. The number of hydrogen-bond acceptors (Lipinski definition) is 4. The smallest absolute Gasteiger partial charge is 0.183 e. The number of aryl methyl sites for hydroxylation is 1. The van der Waals surface area contributed by atoms with E-state index >= 15 is 0 Å². The Bertz CT molecular complexity index is 324. The minimum atomic E-state index is -0.931. The summed E-state index contributed by atoms with van der Waals surface area (Å²) in [5.41, 5.74) is 1.78. The van der Waals surface area contributed by atoms with Crippen molar-refractivity contribution in [2.45, 2.75) is 19.8 Å². The van der Waals surface area contributed by atoms with Crippen molar-refractivity contribution in [1.82, 2.24) is 4.98 Å². The van der Waals surface area contributed by atoms with Crippen molar-refractivity contribution in [3.63, 3.8) is 0 Å². The third-order valence-electron chi connectivity index (χ3n) is 2.03. The molecule has 2 heterocycles. The van der Waals surface area contributed by atoms with Gasteiger partial charge in [-0.2, -0.15) is 0 Å². The van der Waals surface area contributed by atoms with Crippen LogP contribution in [0.3, 0.4) is 0 Å². The van der Waals surface area contributed by atoms with Crippen LogP contribution in [0.1, 0.15) is 23.1 Å². The van der Waals surface area contributed by atoms with Gasteiger partial charge in [0, 0.05) is 17.3 Å². The number of nitrogens with zero attached hydrogens (tertiary/aromatic N) is 1. The summed E-state index contributed by atoms with van der Waals surface area (Å²) in [5.74, 6) is 0.129. The first-order chi connectivity index (χ1) is 5.70. The van der Waals surface area contributed by atoms with E-state index in [-0.39, 0.29) is 12.4 Å². The van der Waals surface area contributed by atoms with Gasteiger partial charge in [-0.25, -0.2) is 0 Å². The number of aromatic hydroxyl groups is 1. The molecule has 1 aliphatic rings. The summed E-state index contributed by atoms with van der Waals surface area (Å²) in [5, 5.41) is 18.7. The summed E-state index contributed by atoms with van der Waals surface area (Å²) in [6, 6.07) is 0. The number of hydrogen-bond donors (Lipinski definition) is 2. The second-order valence-electron chi connectivity index (χ2n) is 2.79. The summed E-state index contributed by atoms with van der Waals surface area (Å²) >= 11 is 0. The molecule has 1 unspecified atom stereocenters. The molecule has 0 fully saturated rings. The molecule has 12 heavy (non-hydrogen) atoms. The van der Waals surface area contributed by atoms with Crippen LogP contribution < -0.4 is 0 Å². The highest BCUT2D eigenvalue weighted by Crippen LogP contribution is 2.34. The van der Waals surface area contributed by atoms with Crippen LogP contribution in [0, 0.1) is 6.92 Å². The lowest BCUT2D eigenvalue weighted by Gasteiger charge is -2.03. The van der Waals surface area contributed by atoms with Crippen molar-refractivity contribution >= 4 is 0 Å². The molecule has 4 heteroatoms. The largest absolute Gasteiger partial charge is 0.506 e. The Balaban J connectivity index is 2.60. The third kappa shape index (κ3) is 0.888. The number of fused-ring (bicyclic) bond motifs is 1. The lowest BCUT2D eigenvalue weighted by Crippen LogP contribution is -1.94. The maximum Gasteiger partial charge on any atom is 0.183 e. The zero-order valence-corrected chi connectivity index (χ0v) is 6.61. The topological polar surface area (TPSA) is 62.6 Å². The van der Waals surface area contributed by atoms with Gasteiger partial charge in [0.2, 0.25) is 0 Å². The van der Waals surface area contributed by atoms with Crippen molar-refractivity contribution in [3.05, 3.63) is 23.0 Å². The summed E-state index contributed by atoms with van der Waals surface area (Å²) in [6.07, 6.45) is 0.598. The van der Waals surface area contributed by atoms with E-state index in [1.165, 1.54) is 6.20 Å². The minimum Gasteiger partial charge on any atom is -0.506 e. The van der Waals surface area contributed by atoms with Crippen molar-refractivity contribution in [2.24, 2.45) is 0 Å². The van der Waals surface area contributed by atoms with Crippen LogP contribution >= 0.6 is 0 Å². The Kier molecular flexibility index (Phi) is 1.52. The van der Waals surface area contributed by atoms with E-state index in [9.17, 15) is 10.2 Å². The molecule has 0 saturated heterocycles. The molecule has 2 N–H and O–H groups in total. The van der Waals surface area contributed by atoms with Crippen molar-refractivity contribution in [3.8, 4) is 5.75 Å². The summed E-state index contributed by atoms with van der Waals surface area (Å²) in [4.78, 5) is 3.91. The first kappa shape index (κ1) is 7.52. The average molecular weight is 167 g/mol. The molecule has 0 spiro atoms. The minimum absolute atomic E-state index is 0.129. The first-order valence-corrected chi connectivity index (χ1v) is 3.67. The highest BCUT2D eigenvalue weighted by Gasteiger charge is 2.24. The van der Waals surface area contributed by atoms with Crippen LogP contribution in [-0.2, 0) is 11.3 Å². The molecule has 0 amide bonds. The van der Waals surface area contributed by atoms with Gasteiger partial charge in [-0.15, -0.1) is 0 Å². The maximum atomic E-state index is 9.48. The van der Waals surface area contributed by atoms with Crippen LogP contribution in [0.25, 0.3) is 0 Å². The average Bonchev–Trinajstić information content (AvgIpc) is 2.41. The number of aliphatic hydroxyl groups is 1. The van der Waals surface area contributed by atoms with Gasteiger partial charge in [-0.1, -0.05) is 0 Å². The number of rotatable bonds is 0. The zero-order chi connectivity index (χ0) is 8.72. The molecule has 0 saturated carbocycles. The Morgan fingerprint density at radius 3 is 3.17 bits per heavy atom. The van der Waals surface area contributed by atoms with Gasteiger partial charge in [-0.05, 0) is 6.92 Å². The fourth-order valence-corrected chi connectivity index (χ4v) is 1.28. The molecule has 64 valence electrons. The lowest BCUT2D eigenvalue weighted by molar-refractivity contribution is -0.0920. The second-order valence-corrected chi connectivity index (χ2v) is 2.79. The predicted molar refractivity (Wildman–Crippen MR) is 40.4 cm³/mol.